The van der Waals surface area contributed by atoms with Crippen molar-refractivity contribution in [3.63, 3.8) is 0 Å². The van der Waals surface area contributed by atoms with Crippen molar-refractivity contribution in [2.75, 3.05) is 0 Å². The van der Waals surface area contributed by atoms with Gasteiger partial charge in [-0.1, -0.05) is 54.6 Å². The fraction of sp³-hybridized carbons (Fsp3) is 0.0500. The summed E-state index contributed by atoms with van der Waals surface area (Å²) in [6, 6.07) is 19.1. The lowest BCUT2D eigenvalue weighted by Crippen LogP contribution is -1.95. The molecule has 3 aromatic carbocycles. The van der Waals surface area contributed by atoms with Crippen LogP contribution in [0.25, 0.3) is 16.8 Å². The molecule has 1 aliphatic carbocycles. The number of hydrogen-bond acceptors (Lipinski definition) is 2. The highest BCUT2D eigenvalue weighted by atomic mass is 16.3. The predicted octanol–water partition coefficient (Wildman–Crippen LogP) is 4.37. The van der Waals surface area contributed by atoms with E-state index in [2.05, 4.69) is 0 Å². The second kappa shape index (κ2) is 4.85. The molecule has 2 heteroatoms. The van der Waals surface area contributed by atoms with Crippen molar-refractivity contribution in [1.82, 2.24) is 0 Å². The highest BCUT2D eigenvalue weighted by molar-refractivity contribution is 6.16. The smallest absolute Gasteiger partial charge is 0.189 e. The van der Waals surface area contributed by atoms with Gasteiger partial charge in [0.25, 0.3) is 0 Å². The molecule has 1 N–H and O–H groups in total. The highest BCUT2D eigenvalue weighted by Gasteiger charge is 2.24. The van der Waals surface area contributed by atoms with Crippen LogP contribution < -0.4 is 0 Å². The Labute approximate surface area is 128 Å². The van der Waals surface area contributed by atoms with Crippen LogP contribution in [0.15, 0.2) is 66.2 Å². The molecule has 0 aromatic heterocycles. The van der Waals surface area contributed by atoms with Crippen LogP contribution in [0.2, 0.25) is 0 Å². The standard InChI is InChI=1S/C20H14O2/c21-19-10-9-13-5-1-3-7-16(13)18(19)12-15-11-14-6-2-4-8-17(14)20(15)22/h1-10,12,21H,11H2/b15-12+. The minimum atomic E-state index is 0.0583. The van der Waals surface area contributed by atoms with Gasteiger partial charge in [-0.3, -0.25) is 4.79 Å². The second-order valence-electron chi connectivity index (χ2n) is 5.55. The van der Waals surface area contributed by atoms with E-state index in [1.807, 2.05) is 60.7 Å². The van der Waals surface area contributed by atoms with Gasteiger partial charge in [0.05, 0.1) is 0 Å². The maximum Gasteiger partial charge on any atom is 0.189 e. The molecule has 0 saturated heterocycles. The summed E-state index contributed by atoms with van der Waals surface area (Å²) in [6.45, 7) is 0. The van der Waals surface area contributed by atoms with Crippen molar-refractivity contribution >= 4 is 22.6 Å². The predicted molar refractivity (Wildman–Crippen MR) is 88.1 cm³/mol. The summed E-state index contributed by atoms with van der Waals surface area (Å²) in [6.07, 6.45) is 2.46. The number of carbonyl (C=O) groups excluding carboxylic acids is 1. The minimum Gasteiger partial charge on any atom is -0.507 e. The van der Waals surface area contributed by atoms with E-state index in [0.29, 0.717) is 12.0 Å². The number of ketones is 1. The van der Waals surface area contributed by atoms with Gasteiger partial charge in [0, 0.05) is 23.1 Å². The Kier molecular flexibility index (Phi) is 2.83. The molecule has 22 heavy (non-hydrogen) atoms. The maximum absolute atomic E-state index is 12.5. The van der Waals surface area contributed by atoms with Gasteiger partial charge in [-0.15, -0.1) is 0 Å². The van der Waals surface area contributed by atoms with Gasteiger partial charge in [-0.2, -0.15) is 0 Å². The Balaban J connectivity index is 1.89. The number of phenols is 1. The van der Waals surface area contributed by atoms with Gasteiger partial charge < -0.3 is 5.11 Å². The highest BCUT2D eigenvalue weighted by Crippen LogP contribution is 2.33. The largest absolute Gasteiger partial charge is 0.507 e. The van der Waals surface area contributed by atoms with Crippen LogP contribution in [0.4, 0.5) is 0 Å². The lowest BCUT2D eigenvalue weighted by atomic mass is 10.00. The summed E-state index contributed by atoms with van der Waals surface area (Å²) in [5.74, 6) is 0.262. The van der Waals surface area contributed by atoms with Crippen LogP contribution in [-0.4, -0.2) is 10.9 Å². The van der Waals surface area contributed by atoms with E-state index >= 15 is 0 Å². The first-order chi connectivity index (χ1) is 10.7. The van der Waals surface area contributed by atoms with Crippen LogP contribution in [0, 0.1) is 0 Å². The van der Waals surface area contributed by atoms with Crippen molar-refractivity contribution in [2.45, 2.75) is 6.42 Å². The first kappa shape index (κ1) is 12.8. The van der Waals surface area contributed by atoms with E-state index in [4.69, 9.17) is 0 Å². The summed E-state index contributed by atoms with van der Waals surface area (Å²) in [7, 11) is 0. The van der Waals surface area contributed by atoms with Crippen LogP contribution in [-0.2, 0) is 6.42 Å². The first-order valence-corrected chi connectivity index (χ1v) is 7.28. The molecule has 0 atom stereocenters. The van der Waals surface area contributed by atoms with Crippen molar-refractivity contribution in [3.05, 3.63) is 82.9 Å². The van der Waals surface area contributed by atoms with Gasteiger partial charge in [-0.05, 0) is 28.5 Å². The van der Waals surface area contributed by atoms with Gasteiger partial charge in [-0.25, -0.2) is 0 Å². The Bertz CT molecular complexity index is 935. The van der Waals surface area contributed by atoms with Crippen molar-refractivity contribution < 1.29 is 9.90 Å². The van der Waals surface area contributed by atoms with Gasteiger partial charge >= 0.3 is 0 Å². The van der Waals surface area contributed by atoms with E-state index in [1.54, 1.807) is 6.07 Å². The third-order valence-corrected chi connectivity index (χ3v) is 4.20. The Morgan fingerprint density at radius 3 is 2.55 bits per heavy atom. The fourth-order valence-electron chi connectivity index (χ4n) is 3.08. The number of aromatic hydroxyl groups is 1. The summed E-state index contributed by atoms with van der Waals surface area (Å²) >= 11 is 0. The molecule has 0 fully saturated rings. The Morgan fingerprint density at radius 1 is 0.909 bits per heavy atom. The molecule has 0 aliphatic heterocycles. The molecule has 3 aromatic rings. The van der Waals surface area contributed by atoms with E-state index in [-0.39, 0.29) is 11.5 Å². The molecular formula is C20H14O2. The average Bonchev–Trinajstić information content (AvgIpc) is 2.87. The summed E-state index contributed by atoms with van der Waals surface area (Å²) in [5, 5.41) is 12.2. The first-order valence-electron chi connectivity index (χ1n) is 7.28. The monoisotopic (exact) mass is 286 g/mol. The van der Waals surface area contributed by atoms with Crippen molar-refractivity contribution in [1.29, 1.82) is 0 Å². The molecule has 106 valence electrons. The van der Waals surface area contributed by atoms with Crippen LogP contribution in [0.5, 0.6) is 5.75 Å². The average molecular weight is 286 g/mol. The zero-order valence-electron chi connectivity index (χ0n) is 11.9. The van der Waals surface area contributed by atoms with Crippen molar-refractivity contribution in [2.24, 2.45) is 0 Å². The molecule has 0 heterocycles. The normalized spacial score (nSPS) is 15.5. The molecule has 0 unspecified atom stereocenters. The van der Waals surface area contributed by atoms with E-state index in [1.165, 1.54) is 0 Å². The zero-order valence-corrected chi connectivity index (χ0v) is 11.9. The summed E-state index contributed by atoms with van der Waals surface area (Å²) in [4.78, 5) is 12.5. The number of fused-ring (bicyclic) bond motifs is 2. The number of phenolic OH excluding ortho intramolecular Hbond substituents is 1. The quantitative estimate of drug-likeness (QED) is 0.674. The van der Waals surface area contributed by atoms with Crippen LogP contribution in [0.3, 0.4) is 0 Å². The zero-order chi connectivity index (χ0) is 15.1. The van der Waals surface area contributed by atoms with Crippen molar-refractivity contribution in [3.8, 4) is 5.75 Å². The molecule has 4 rings (SSSR count). The minimum absolute atomic E-state index is 0.0583. The molecule has 2 nitrogen and oxygen atoms in total. The maximum atomic E-state index is 12.5. The number of allylic oxidation sites excluding steroid dienone is 1. The number of carbonyl (C=O) groups is 1. The number of rotatable bonds is 1. The third-order valence-electron chi connectivity index (χ3n) is 4.20. The third kappa shape index (κ3) is 1.92. The van der Waals surface area contributed by atoms with Gasteiger partial charge in [0.15, 0.2) is 5.78 Å². The lowest BCUT2D eigenvalue weighted by Gasteiger charge is -2.06. The molecule has 0 saturated carbocycles. The lowest BCUT2D eigenvalue weighted by molar-refractivity contribution is 0.104. The molecule has 1 aliphatic rings. The molecule has 0 spiro atoms. The molecule has 0 bridgehead atoms. The van der Waals surface area contributed by atoms with Gasteiger partial charge in [0.1, 0.15) is 5.75 Å². The van der Waals surface area contributed by atoms with Crippen LogP contribution in [0.1, 0.15) is 21.5 Å². The Hall–Kier alpha value is -2.87. The number of hydrogen-bond donors (Lipinski definition) is 1. The van der Waals surface area contributed by atoms with E-state index in [0.717, 1.165) is 27.5 Å². The summed E-state index contributed by atoms with van der Waals surface area (Å²) < 4.78 is 0. The van der Waals surface area contributed by atoms with Gasteiger partial charge in [0.2, 0.25) is 0 Å². The SMILES string of the molecule is O=C1/C(=C/c2c(O)ccc3ccccc23)Cc2ccccc21. The summed E-state index contributed by atoms with van der Waals surface area (Å²) in [5.41, 5.74) is 3.27. The molecular weight excluding hydrogens is 272 g/mol. The topological polar surface area (TPSA) is 37.3 Å². The number of Topliss-reactive ketones (excluding diaryl/α,β-unsaturated/α-hetero) is 1. The van der Waals surface area contributed by atoms with Crippen LogP contribution >= 0.6 is 0 Å². The van der Waals surface area contributed by atoms with E-state index in [9.17, 15) is 9.90 Å². The second-order valence-corrected chi connectivity index (χ2v) is 5.55. The Morgan fingerprint density at radius 2 is 1.68 bits per heavy atom. The van der Waals surface area contributed by atoms with E-state index < -0.39 is 0 Å². The molecule has 0 amide bonds. The molecule has 0 radical (unpaired) electrons. The number of benzene rings is 3. The fourth-order valence-corrected chi connectivity index (χ4v) is 3.08.